The lowest BCUT2D eigenvalue weighted by Crippen LogP contribution is -2.16. The van der Waals surface area contributed by atoms with Crippen LogP contribution in [0.15, 0.2) is 30.3 Å². The van der Waals surface area contributed by atoms with E-state index < -0.39 is 28.3 Å². The van der Waals surface area contributed by atoms with Crippen molar-refractivity contribution in [1.29, 1.82) is 0 Å². The summed E-state index contributed by atoms with van der Waals surface area (Å²) in [5.41, 5.74) is 0.449. The van der Waals surface area contributed by atoms with E-state index in [0.717, 1.165) is 0 Å². The number of ether oxygens (including phenoxy) is 1. The molecule has 0 saturated heterocycles. The highest BCUT2D eigenvalue weighted by atomic mass is 32.2. The molecule has 1 aliphatic carbocycles. The predicted octanol–water partition coefficient (Wildman–Crippen LogP) is 1.74. The molecule has 19 heavy (non-hydrogen) atoms. The van der Waals surface area contributed by atoms with Crippen molar-refractivity contribution in [2.24, 2.45) is 0 Å². The maximum atomic E-state index is 11.7. The minimum Gasteiger partial charge on any atom is -0.456 e. The first kappa shape index (κ1) is 14.0. The van der Waals surface area contributed by atoms with E-state index in [1.807, 2.05) is 0 Å². The molecular formula is C13H16O5S. The number of esters is 1. The molecule has 1 aromatic carbocycles. The molecule has 1 aromatic rings. The van der Waals surface area contributed by atoms with Gasteiger partial charge in [0.05, 0.1) is 11.3 Å². The van der Waals surface area contributed by atoms with Gasteiger partial charge in [0.25, 0.3) is 10.1 Å². The van der Waals surface area contributed by atoms with Crippen LogP contribution in [0.2, 0.25) is 0 Å². The smallest absolute Gasteiger partial charge is 0.338 e. The highest BCUT2D eigenvalue weighted by molar-refractivity contribution is 7.86. The molecule has 0 radical (unpaired) electrons. The predicted molar refractivity (Wildman–Crippen MR) is 69.2 cm³/mol. The van der Waals surface area contributed by atoms with Gasteiger partial charge in [-0.05, 0) is 18.6 Å². The molecule has 1 aliphatic rings. The van der Waals surface area contributed by atoms with E-state index in [-0.39, 0.29) is 5.75 Å². The summed E-state index contributed by atoms with van der Waals surface area (Å²) < 4.78 is 32.9. The summed E-state index contributed by atoms with van der Waals surface area (Å²) >= 11 is 0. The van der Waals surface area contributed by atoms with Crippen molar-refractivity contribution in [2.75, 3.05) is 5.75 Å². The molecule has 2 rings (SSSR count). The fraction of sp³-hybridized carbons (Fsp3) is 0.462. The maximum absolute atomic E-state index is 11.7. The number of benzene rings is 1. The standard InChI is InChI=1S/C13H16O5S/c1-2-8-19(15,16)18-12-9-11(12)17-13(14)10-6-4-3-5-7-10/h3-7,11-12H,2,8-9H2,1H3. The summed E-state index contributed by atoms with van der Waals surface area (Å²) in [6.45, 7) is 1.76. The third kappa shape index (κ3) is 4.04. The highest BCUT2D eigenvalue weighted by Gasteiger charge is 2.45. The first-order valence-electron chi connectivity index (χ1n) is 6.19. The van der Waals surface area contributed by atoms with Crippen molar-refractivity contribution in [3.05, 3.63) is 35.9 Å². The van der Waals surface area contributed by atoms with Gasteiger partial charge in [0.2, 0.25) is 0 Å². The van der Waals surface area contributed by atoms with E-state index in [1.54, 1.807) is 37.3 Å². The molecule has 104 valence electrons. The molecular weight excluding hydrogens is 268 g/mol. The average Bonchev–Trinajstić information content (AvgIpc) is 3.07. The topological polar surface area (TPSA) is 69.7 Å². The van der Waals surface area contributed by atoms with Crippen molar-refractivity contribution >= 4 is 16.1 Å². The third-order valence-electron chi connectivity index (χ3n) is 2.67. The summed E-state index contributed by atoms with van der Waals surface area (Å²) in [7, 11) is -3.49. The molecule has 0 aromatic heterocycles. The minimum absolute atomic E-state index is 0.0111. The Morgan fingerprint density at radius 1 is 1.26 bits per heavy atom. The van der Waals surface area contributed by atoms with E-state index in [4.69, 9.17) is 8.92 Å². The quantitative estimate of drug-likeness (QED) is 0.588. The zero-order chi connectivity index (χ0) is 13.9. The van der Waals surface area contributed by atoms with Crippen LogP contribution in [-0.2, 0) is 19.0 Å². The number of rotatable bonds is 6. The van der Waals surface area contributed by atoms with Crippen molar-refractivity contribution in [1.82, 2.24) is 0 Å². The van der Waals surface area contributed by atoms with Gasteiger partial charge < -0.3 is 4.74 Å². The second-order valence-electron chi connectivity index (χ2n) is 4.44. The van der Waals surface area contributed by atoms with Crippen LogP contribution in [0.4, 0.5) is 0 Å². The second kappa shape index (κ2) is 5.71. The molecule has 2 unspecified atom stereocenters. The third-order valence-corrected chi connectivity index (χ3v) is 4.12. The molecule has 0 aliphatic heterocycles. The molecule has 0 amide bonds. The first-order chi connectivity index (χ1) is 9.02. The Hall–Kier alpha value is -1.40. The zero-order valence-corrected chi connectivity index (χ0v) is 11.4. The fourth-order valence-corrected chi connectivity index (χ4v) is 2.82. The number of carbonyl (C=O) groups is 1. The van der Waals surface area contributed by atoms with Gasteiger partial charge in [0.1, 0.15) is 12.2 Å². The van der Waals surface area contributed by atoms with E-state index in [9.17, 15) is 13.2 Å². The maximum Gasteiger partial charge on any atom is 0.338 e. The lowest BCUT2D eigenvalue weighted by molar-refractivity contribution is 0.0417. The van der Waals surface area contributed by atoms with E-state index in [2.05, 4.69) is 0 Å². The van der Waals surface area contributed by atoms with Gasteiger partial charge in [-0.3, -0.25) is 4.18 Å². The van der Waals surface area contributed by atoms with Crippen LogP contribution < -0.4 is 0 Å². The second-order valence-corrected chi connectivity index (χ2v) is 6.16. The molecule has 6 heteroatoms. The van der Waals surface area contributed by atoms with Gasteiger partial charge in [-0.2, -0.15) is 8.42 Å². The highest BCUT2D eigenvalue weighted by Crippen LogP contribution is 2.31. The van der Waals surface area contributed by atoms with Crippen LogP contribution in [0.5, 0.6) is 0 Å². The molecule has 2 atom stereocenters. The SMILES string of the molecule is CCCS(=O)(=O)OC1CC1OC(=O)c1ccccc1. The number of hydrogen-bond donors (Lipinski definition) is 0. The molecule has 0 N–H and O–H groups in total. The van der Waals surface area contributed by atoms with Crippen LogP contribution in [0.3, 0.4) is 0 Å². The van der Waals surface area contributed by atoms with Crippen LogP contribution in [0.1, 0.15) is 30.1 Å². The molecule has 1 fully saturated rings. The lowest BCUT2D eigenvalue weighted by atomic mass is 10.2. The summed E-state index contributed by atoms with van der Waals surface area (Å²) in [6.07, 6.45) is -0.0473. The van der Waals surface area contributed by atoms with Gasteiger partial charge in [-0.1, -0.05) is 25.1 Å². The van der Waals surface area contributed by atoms with E-state index in [0.29, 0.717) is 18.4 Å². The first-order valence-corrected chi connectivity index (χ1v) is 7.76. The average molecular weight is 284 g/mol. The minimum atomic E-state index is -3.49. The van der Waals surface area contributed by atoms with Crippen LogP contribution in [-0.4, -0.2) is 32.3 Å². The van der Waals surface area contributed by atoms with Crippen molar-refractivity contribution in [2.45, 2.75) is 32.0 Å². The van der Waals surface area contributed by atoms with E-state index in [1.165, 1.54) is 0 Å². The largest absolute Gasteiger partial charge is 0.456 e. The Kier molecular flexibility index (Phi) is 4.21. The fourth-order valence-electron chi connectivity index (χ4n) is 1.64. The molecule has 0 bridgehead atoms. The lowest BCUT2D eigenvalue weighted by Gasteiger charge is -2.05. The monoisotopic (exact) mass is 284 g/mol. The zero-order valence-electron chi connectivity index (χ0n) is 10.6. The summed E-state index contributed by atoms with van der Waals surface area (Å²) in [4.78, 5) is 11.7. The van der Waals surface area contributed by atoms with Crippen molar-refractivity contribution < 1.29 is 22.1 Å². The Bertz CT molecular complexity index is 537. The summed E-state index contributed by atoms with van der Waals surface area (Å²) in [5.74, 6) is -0.465. The number of carbonyl (C=O) groups excluding carboxylic acids is 1. The van der Waals surface area contributed by atoms with Gasteiger partial charge in [0, 0.05) is 6.42 Å². The molecule has 5 nitrogen and oxygen atoms in total. The Morgan fingerprint density at radius 2 is 1.95 bits per heavy atom. The van der Waals surface area contributed by atoms with Gasteiger partial charge >= 0.3 is 5.97 Å². The summed E-state index contributed by atoms with van der Waals surface area (Å²) in [6, 6.07) is 8.58. The van der Waals surface area contributed by atoms with Crippen LogP contribution >= 0.6 is 0 Å². The van der Waals surface area contributed by atoms with E-state index >= 15 is 0 Å². The molecule has 0 heterocycles. The normalized spacial score (nSPS) is 21.9. The van der Waals surface area contributed by atoms with Gasteiger partial charge in [-0.25, -0.2) is 4.79 Å². The Morgan fingerprint density at radius 3 is 2.58 bits per heavy atom. The van der Waals surface area contributed by atoms with Gasteiger partial charge in [-0.15, -0.1) is 0 Å². The van der Waals surface area contributed by atoms with Crippen molar-refractivity contribution in [3.63, 3.8) is 0 Å². The van der Waals surface area contributed by atoms with Crippen LogP contribution in [0.25, 0.3) is 0 Å². The van der Waals surface area contributed by atoms with Gasteiger partial charge in [0.15, 0.2) is 0 Å². The number of hydrogen-bond acceptors (Lipinski definition) is 5. The van der Waals surface area contributed by atoms with Crippen molar-refractivity contribution in [3.8, 4) is 0 Å². The Balaban J connectivity index is 1.83. The molecule has 0 spiro atoms. The molecule has 1 saturated carbocycles. The van der Waals surface area contributed by atoms with Crippen LogP contribution in [0, 0.1) is 0 Å². The Labute approximate surface area is 112 Å². The summed E-state index contributed by atoms with van der Waals surface area (Å²) in [5, 5.41) is 0.